The molecule has 0 radical (unpaired) electrons. The van der Waals surface area contributed by atoms with Crippen molar-refractivity contribution in [3.05, 3.63) is 0 Å². The summed E-state index contributed by atoms with van der Waals surface area (Å²) in [5.74, 6) is -0.930. The van der Waals surface area contributed by atoms with Crippen LogP contribution in [0, 0.1) is 0 Å². The van der Waals surface area contributed by atoms with Crippen LogP contribution in [0.2, 0.25) is 0 Å². The van der Waals surface area contributed by atoms with Crippen molar-refractivity contribution in [3.8, 4) is 0 Å². The third-order valence-corrected chi connectivity index (χ3v) is 3.07. The third kappa shape index (κ3) is 13.5. The fourth-order valence-electron chi connectivity index (χ4n) is 2.01. The molecule has 0 rings (SSSR count). The number of hydrogen-bond donors (Lipinski definition) is 3. The van der Waals surface area contributed by atoms with Gasteiger partial charge in [0.05, 0.1) is 18.6 Å². The molecule has 18 heavy (non-hydrogen) atoms. The highest BCUT2D eigenvalue weighted by Crippen LogP contribution is 2.12. The zero-order chi connectivity index (χ0) is 13.8. The van der Waals surface area contributed by atoms with E-state index in [1.807, 2.05) is 6.92 Å². The molecule has 108 valence electrons. The molecule has 2 atom stereocenters. The molecule has 2 unspecified atom stereocenters. The monoisotopic (exact) mass is 260 g/mol. The first-order valence-corrected chi connectivity index (χ1v) is 7.10. The van der Waals surface area contributed by atoms with Crippen LogP contribution < -0.4 is 0 Å². The average molecular weight is 260 g/mol. The number of aliphatic carboxylic acids is 1. The average Bonchev–Trinajstić information content (AvgIpc) is 2.25. The summed E-state index contributed by atoms with van der Waals surface area (Å²) in [4.78, 5) is 10.3. The molecule has 0 saturated carbocycles. The van der Waals surface area contributed by atoms with Crippen molar-refractivity contribution in [1.82, 2.24) is 0 Å². The standard InChI is InChI=1S/C14H28O4/c1-12(15)9-7-5-3-2-4-6-8-10-13(16)11-14(17)18/h12-13,15-16H,2-11H2,1H3,(H,17,18). The van der Waals surface area contributed by atoms with Crippen LogP contribution in [0.3, 0.4) is 0 Å². The molecule has 4 heteroatoms. The summed E-state index contributed by atoms with van der Waals surface area (Å²) in [7, 11) is 0. The van der Waals surface area contributed by atoms with Crippen LogP contribution in [0.5, 0.6) is 0 Å². The second kappa shape index (κ2) is 11.5. The van der Waals surface area contributed by atoms with Gasteiger partial charge >= 0.3 is 5.97 Å². The molecule has 0 heterocycles. The molecule has 0 fully saturated rings. The maximum Gasteiger partial charge on any atom is 0.305 e. The number of aliphatic hydroxyl groups is 2. The molecule has 0 aliphatic rings. The van der Waals surface area contributed by atoms with Gasteiger partial charge in [-0.1, -0.05) is 44.9 Å². The summed E-state index contributed by atoms with van der Waals surface area (Å²) in [5.41, 5.74) is 0. The van der Waals surface area contributed by atoms with Gasteiger partial charge in [-0.2, -0.15) is 0 Å². The van der Waals surface area contributed by atoms with Crippen molar-refractivity contribution in [2.45, 2.75) is 83.3 Å². The minimum atomic E-state index is -0.930. The van der Waals surface area contributed by atoms with Gasteiger partial charge in [0.15, 0.2) is 0 Å². The molecule has 0 amide bonds. The van der Waals surface area contributed by atoms with Gasteiger partial charge in [0.1, 0.15) is 0 Å². The third-order valence-electron chi connectivity index (χ3n) is 3.07. The predicted molar refractivity (Wildman–Crippen MR) is 71.5 cm³/mol. The van der Waals surface area contributed by atoms with E-state index in [2.05, 4.69) is 0 Å². The molecular formula is C14H28O4. The van der Waals surface area contributed by atoms with Gasteiger partial charge in [-0.25, -0.2) is 0 Å². The fourth-order valence-corrected chi connectivity index (χ4v) is 2.01. The number of aliphatic hydroxyl groups excluding tert-OH is 2. The van der Waals surface area contributed by atoms with Crippen LogP contribution in [0.15, 0.2) is 0 Å². The number of carbonyl (C=O) groups is 1. The first-order chi connectivity index (χ1) is 8.52. The molecule has 3 N–H and O–H groups in total. The summed E-state index contributed by atoms with van der Waals surface area (Å²) in [5, 5.41) is 26.9. The SMILES string of the molecule is CC(O)CCCCCCCCCC(O)CC(=O)O. The van der Waals surface area contributed by atoms with Crippen molar-refractivity contribution in [2.24, 2.45) is 0 Å². The van der Waals surface area contributed by atoms with Crippen LogP contribution in [-0.4, -0.2) is 33.5 Å². The lowest BCUT2D eigenvalue weighted by Gasteiger charge is -2.07. The molecule has 4 nitrogen and oxygen atoms in total. The largest absolute Gasteiger partial charge is 0.481 e. The van der Waals surface area contributed by atoms with Crippen LogP contribution in [0.4, 0.5) is 0 Å². The minimum Gasteiger partial charge on any atom is -0.481 e. The number of hydrogen-bond acceptors (Lipinski definition) is 3. The van der Waals surface area contributed by atoms with Gasteiger partial charge < -0.3 is 15.3 Å². The van der Waals surface area contributed by atoms with E-state index < -0.39 is 12.1 Å². The Hall–Kier alpha value is -0.610. The van der Waals surface area contributed by atoms with E-state index in [0.29, 0.717) is 6.42 Å². The summed E-state index contributed by atoms with van der Waals surface area (Å²) in [6.45, 7) is 1.82. The van der Waals surface area contributed by atoms with Gasteiger partial charge in [0.25, 0.3) is 0 Å². The molecule has 0 aromatic carbocycles. The topological polar surface area (TPSA) is 77.8 Å². The van der Waals surface area contributed by atoms with Crippen LogP contribution >= 0.6 is 0 Å². The van der Waals surface area contributed by atoms with Crippen molar-refractivity contribution in [1.29, 1.82) is 0 Å². The molecular weight excluding hydrogens is 232 g/mol. The van der Waals surface area contributed by atoms with E-state index in [9.17, 15) is 9.90 Å². The van der Waals surface area contributed by atoms with E-state index in [4.69, 9.17) is 10.2 Å². The first-order valence-electron chi connectivity index (χ1n) is 7.10. The van der Waals surface area contributed by atoms with Gasteiger partial charge in [-0.15, -0.1) is 0 Å². The maximum absolute atomic E-state index is 10.3. The highest BCUT2D eigenvalue weighted by Gasteiger charge is 2.08. The molecule has 0 aliphatic heterocycles. The van der Waals surface area contributed by atoms with E-state index in [1.54, 1.807) is 0 Å². The summed E-state index contributed by atoms with van der Waals surface area (Å²) in [6, 6.07) is 0. The van der Waals surface area contributed by atoms with Crippen molar-refractivity contribution >= 4 is 5.97 Å². The highest BCUT2D eigenvalue weighted by molar-refractivity contribution is 5.67. The Morgan fingerprint density at radius 2 is 1.33 bits per heavy atom. The normalized spacial score (nSPS) is 14.4. The van der Waals surface area contributed by atoms with Crippen molar-refractivity contribution in [3.63, 3.8) is 0 Å². The zero-order valence-corrected chi connectivity index (χ0v) is 11.5. The van der Waals surface area contributed by atoms with Gasteiger partial charge in [-0.05, 0) is 19.8 Å². The lowest BCUT2D eigenvalue weighted by Crippen LogP contribution is -2.12. The summed E-state index contributed by atoms with van der Waals surface area (Å²) >= 11 is 0. The van der Waals surface area contributed by atoms with E-state index in [-0.39, 0.29) is 12.5 Å². The quantitative estimate of drug-likeness (QED) is 0.471. The number of carboxylic acids is 1. The molecule has 0 bridgehead atoms. The van der Waals surface area contributed by atoms with Crippen LogP contribution in [0.1, 0.15) is 71.1 Å². The Labute approximate surface area is 110 Å². The number of carboxylic acid groups (broad SMARTS) is 1. The van der Waals surface area contributed by atoms with Crippen LogP contribution in [-0.2, 0) is 4.79 Å². The van der Waals surface area contributed by atoms with Crippen molar-refractivity contribution in [2.75, 3.05) is 0 Å². The maximum atomic E-state index is 10.3. The van der Waals surface area contributed by atoms with Crippen molar-refractivity contribution < 1.29 is 20.1 Å². The molecule has 0 aromatic rings. The van der Waals surface area contributed by atoms with Gasteiger partial charge in [-0.3, -0.25) is 4.79 Å². The molecule has 0 spiro atoms. The molecule has 0 saturated heterocycles. The van der Waals surface area contributed by atoms with Gasteiger partial charge in [0.2, 0.25) is 0 Å². The lowest BCUT2D eigenvalue weighted by molar-refractivity contribution is -0.139. The van der Waals surface area contributed by atoms with E-state index in [0.717, 1.165) is 32.1 Å². The second-order valence-electron chi connectivity index (χ2n) is 5.15. The zero-order valence-electron chi connectivity index (χ0n) is 11.5. The minimum absolute atomic E-state index is 0.140. The predicted octanol–water partition coefficient (Wildman–Crippen LogP) is 2.71. The molecule has 0 aliphatic carbocycles. The Balaban J connectivity index is 3.14. The lowest BCUT2D eigenvalue weighted by atomic mass is 10.0. The van der Waals surface area contributed by atoms with E-state index in [1.165, 1.54) is 19.3 Å². The Morgan fingerprint density at radius 3 is 1.78 bits per heavy atom. The first kappa shape index (κ1) is 17.4. The molecule has 0 aromatic heterocycles. The fraction of sp³-hybridized carbons (Fsp3) is 0.929. The number of rotatable bonds is 12. The van der Waals surface area contributed by atoms with Gasteiger partial charge in [0, 0.05) is 0 Å². The Bertz CT molecular complexity index is 204. The number of unbranched alkanes of at least 4 members (excludes halogenated alkanes) is 6. The summed E-state index contributed by atoms with van der Waals surface area (Å²) < 4.78 is 0. The summed E-state index contributed by atoms with van der Waals surface area (Å²) in [6.07, 6.45) is 8.24. The smallest absolute Gasteiger partial charge is 0.305 e. The second-order valence-corrected chi connectivity index (χ2v) is 5.15. The van der Waals surface area contributed by atoms with E-state index >= 15 is 0 Å². The Kier molecular flexibility index (Phi) is 11.1. The highest BCUT2D eigenvalue weighted by atomic mass is 16.4. The Morgan fingerprint density at radius 1 is 0.889 bits per heavy atom. The van der Waals surface area contributed by atoms with Crippen LogP contribution in [0.25, 0.3) is 0 Å².